The first kappa shape index (κ1) is 94.5. The van der Waals surface area contributed by atoms with Crippen LogP contribution in [0.4, 0.5) is 0 Å². The molecule has 6 aliphatic heterocycles. The molecule has 108 heavy (non-hydrogen) atoms. The molecule has 12 heterocycles. The Hall–Kier alpha value is -7.72. The predicted octanol–water partition coefficient (Wildman–Crippen LogP) is 6.78. The van der Waals surface area contributed by atoms with Crippen LogP contribution in [0.25, 0.3) is 0 Å². The quantitative estimate of drug-likeness (QED) is 0.0892. The summed E-state index contributed by atoms with van der Waals surface area (Å²) in [5.41, 5.74) is 0. The lowest BCUT2D eigenvalue weighted by Gasteiger charge is -2.18. The van der Waals surface area contributed by atoms with Crippen molar-refractivity contribution in [2.75, 3.05) is 95.0 Å². The maximum atomic E-state index is 12.3. The number of pyridine rings is 6. The summed E-state index contributed by atoms with van der Waals surface area (Å²) in [6.07, 6.45) is 18.9. The van der Waals surface area contributed by atoms with Crippen LogP contribution < -0.4 is 44.4 Å². The van der Waals surface area contributed by atoms with E-state index in [2.05, 4.69) is 58.0 Å². The van der Waals surface area contributed by atoms with E-state index < -0.39 is 69.3 Å². The number of rotatable bonds is 15. The Balaban J connectivity index is 0.000000322. The largest absolute Gasteiger partial charge is 0.481 e. The summed E-state index contributed by atoms with van der Waals surface area (Å²) in [5.74, 6) is 2.16. The number of hydrogen-bond donors (Lipinski definition) is 3. The zero-order chi connectivity index (χ0) is 79.3. The van der Waals surface area contributed by atoms with Gasteiger partial charge in [-0.25, -0.2) is 80.4 Å². The summed E-state index contributed by atoms with van der Waals surface area (Å²) in [5, 5.41) is 43.7. The number of sulfonamides is 3. The Labute approximate surface area is 650 Å². The Morgan fingerprint density at radius 3 is 0.806 bits per heavy atom. The van der Waals surface area contributed by atoms with Gasteiger partial charge in [-0.1, -0.05) is 0 Å². The fourth-order valence-electron chi connectivity index (χ4n) is 9.69. The molecular weight excluding hydrogens is 1620 g/mol. The van der Waals surface area contributed by atoms with E-state index in [1.165, 1.54) is 167 Å². The summed E-state index contributed by atoms with van der Waals surface area (Å²) in [4.78, 5) is 23.0. The van der Waals surface area contributed by atoms with Crippen LogP contribution in [0, 0.1) is 45.3 Å². The number of aromatic nitrogens is 6. The van der Waals surface area contributed by atoms with Gasteiger partial charge in [0.15, 0.2) is 0 Å². The van der Waals surface area contributed by atoms with Gasteiger partial charge in [0.2, 0.25) is 65.3 Å². The summed E-state index contributed by atoms with van der Waals surface area (Å²) >= 11 is 0. The van der Waals surface area contributed by atoms with E-state index >= 15 is 0 Å². The van der Waals surface area contributed by atoms with Crippen molar-refractivity contribution in [3.05, 3.63) is 110 Å². The third-order valence-corrected chi connectivity index (χ3v) is 25.0. The molecule has 0 spiro atoms. The highest BCUT2D eigenvalue weighted by Crippen LogP contribution is 2.29. The average Bonchev–Trinajstić information content (AvgIpc) is 1.39. The number of halogens is 4. The first-order valence-electron chi connectivity index (χ1n) is 32.5. The van der Waals surface area contributed by atoms with Gasteiger partial charge in [-0.2, -0.15) is 34.0 Å². The van der Waals surface area contributed by atoms with E-state index in [1.54, 1.807) is 6.07 Å². The average molecular weight is 1700 g/mol. The van der Waals surface area contributed by atoms with Crippen LogP contribution in [0.2, 0.25) is 0 Å². The molecule has 34 nitrogen and oxygen atoms in total. The van der Waals surface area contributed by atoms with Crippen LogP contribution in [0.1, 0.15) is 77.0 Å². The smallest absolute Gasteiger partial charge is 0.262 e. The number of nitrogens with one attached hydrogen (secondary N) is 3. The van der Waals surface area contributed by atoms with Crippen LogP contribution in [0.3, 0.4) is 0 Å². The molecule has 592 valence electrons. The first-order valence-corrected chi connectivity index (χ1v) is 43.7. The Kier molecular flexibility index (Phi) is 41.4. The van der Waals surface area contributed by atoms with Gasteiger partial charge in [0.25, 0.3) is 27.2 Å². The van der Waals surface area contributed by atoms with Crippen molar-refractivity contribution in [1.29, 1.82) is 21.0 Å². The summed E-state index contributed by atoms with van der Waals surface area (Å²) in [7, 11) is 2.25. The Morgan fingerprint density at radius 1 is 0.352 bits per heavy atom. The van der Waals surface area contributed by atoms with E-state index in [-0.39, 0.29) is 53.9 Å². The fourth-order valence-corrected chi connectivity index (χ4v) is 16.3. The second kappa shape index (κ2) is 47.4. The van der Waals surface area contributed by atoms with Gasteiger partial charge in [-0.3, -0.25) is 0 Å². The van der Waals surface area contributed by atoms with E-state index in [0.29, 0.717) is 87.1 Å². The highest BCUT2D eigenvalue weighted by molar-refractivity contribution is 8.14. The molecule has 6 fully saturated rings. The molecule has 3 N–H and O–H groups in total. The second-order valence-electron chi connectivity index (χ2n) is 22.5. The lowest BCUT2D eigenvalue weighted by molar-refractivity contribution is 0.396. The molecule has 0 saturated carbocycles. The van der Waals surface area contributed by atoms with Gasteiger partial charge < -0.3 is 44.4 Å². The summed E-state index contributed by atoms with van der Waals surface area (Å²) in [6, 6.07) is 24.7. The molecule has 6 aliphatic rings. The van der Waals surface area contributed by atoms with Crippen molar-refractivity contribution in [1.82, 2.24) is 58.8 Å². The van der Waals surface area contributed by atoms with Gasteiger partial charge in [-0.05, 0) is 140 Å². The number of hydrogen-bond acceptors (Lipinski definition) is 31. The predicted molar refractivity (Wildman–Crippen MR) is 400 cm³/mol. The molecule has 6 aromatic rings. The Bertz CT molecular complexity index is 4280. The van der Waals surface area contributed by atoms with E-state index in [0.717, 1.165) is 70.2 Å². The molecule has 0 bridgehead atoms. The Morgan fingerprint density at radius 2 is 0.620 bits per heavy atom. The van der Waals surface area contributed by atoms with Gasteiger partial charge in [0.05, 0.1) is 116 Å². The van der Waals surface area contributed by atoms with E-state index in [9.17, 15) is 50.5 Å². The molecular formula is C64H84Cl4N16O18S6. The zero-order valence-electron chi connectivity index (χ0n) is 59.5. The topological polar surface area (TPSA) is 479 Å². The standard InChI is InChI=1S/2C11H13N3O3S.C10H14N2O3S.3C6H6ClNO3S.2C5H8N2.C4H9N.ClH/c2*1-17-11-5-4-10(8-13-11)18(15,16)14-6-2-3-9(14)7-12;1-15-10-5-4-9(8-11-10)16(13,14)12-6-2-3-7-12;3*1-11-6-3-2-5(4-8-6)12(7,9)10;2*6-4-5-2-1-3-7-5;1-2-4-5-3-1;/h2*4-5,8-9H,2-3,6H2,1H3;4-5,8H,2-3,6-7H2,1H3;3*2-4H,1H3;2*5,7H,1-3H2;5H,1-4H2;1H/t9-;;;;;;5-;;;/m0.....0.../s1. The van der Waals surface area contributed by atoms with Crippen LogP contribution in [-0.2, 0) is 57.2 Å². The molecule has 2 unspecified atom stereocenters. The highest BCUT2D eigenvalue weighted by Gasteiger charge is 2.37. The maximum Gasteiger partial charge on any atom is 0.262 e. The van der Waals surface area contributed by atoms with Crippen LogP contribution in [-0.4, -0.2) is 213 Å². The third-order valence-electron chi connectivity index (χ3n) is 15.4. The minimum absolute atomic E-state index is 0. The minimum atomic E-state index is -3.67. The van der Waals surface area contributed by atoms with Crippen molar-refractivity contribution < 1.29 is 78.9 Å². The van der Waals surface area contributed by atoms with Gasteiger partial charge >= 0.3 is 0 Å². The van der Waals surface area contributed by atoms with Crippen molar-refractivity contribution >= 4 is 102 Å². The lowest BCUT2D eigenvalue weighted by atomic mass is 10.2. The van der Waals surface area contributed by atoms with Gasteiger partial charge in [-0.15, -0.1) is 12.4 Å². The van der Waals surface area contributed by atoms with Gasteiger partial charge in [0.1, 0.15) is 41.5 Å². The SMILES string of the molecule is C1CCNC1.COc1ccc(S(=O)(=O)Cl)cn1.COc1ccc(S(=O)(=O)Cl)cn1.COc1ccc(S(=O)(=O)Cl)cn1.COc1ccc(S(=O)(=O)N2CCCC2)cn1.COc1ccc(S(=O)(=O)N2CCCC2C#N)cn1.COc1ccc(S(=O)(=O)N2CCC[C@H]2C#N)cn1.Cl.N#CC1CCCN1.N#C[C@@H]1CCCN1. The highest BCUT2D eigenvalue weighted by atomic mass is 35.7. The monoisotopic (exact) mass is 1700 g/mol. The van der Waals surface area contributed by atoms with Crippen LogP contribution >= 0.6 is 44.5 Å². The minimum Gasteiger partial charge on any atom is -0.481 e. The van der Waals surface area contributed by atoms with Crippen molar-refractivity contribution in [2.45, 2.75) is 131 Å². The second-order valence-corrected chi connectivity index (χ2v) is 35.9. The number of nitriles is 4. The molecule has 44 heteroatoms. The summed E-state index contributed by atoms with van der Waals surface area (Å²) in [6.45, 7) is 6.53. The molecule has 0 aliphatic carbocycles. The fraction of sp³-hybridized carbons (Fsp3) is 0.469. The van der Waals surface area contributed by atoms with Crippen molar-refractivity contribution in [3.63, 3.8) is 0 Å². The third kappa shape index (κ3) is 31.3. The number of methoxy groups -OCH3 is 6. The number of ether oxygens (including phenoxy) is 6. The van der Waals surface area contributed by atoms with E-state index in [4.69, 9.17) is 81.5 Å². The van der Waals surface area contributed by atoms with E-state index in [1.807, 2.05) is 12.1 Å². The molecule has 6 saturated heterocycles. The molecule has 6 aromatic heterocycles. The molecule has 0 aromatic carbocycles. The van der Waals surface area contributed by atoms with Gasteiger partial charge in [0, 0.05) is 94.6 Å². The lowest BCUT2D eigenvalue weighted by Crippen LogP contribution is -2.34. The van der Waals surface area contributed by atoms with Crippen LogP contribution in [0.5, 0.6) is 35.3 Å². The zero-order valence-corrected chi connectivity index (χ0v) is 67.5. The van der Waals surface area contributed by atoms with Crippen LogP contribution in [0.15, 0.2) is 139 Å². The molecule has 4 atom stereocenters. The molecule has 0 radical (unpaired) electrons. The maximum absolute atomic E-state index is 12.3. The van der Waals surface area contributed by atoms with Crippen molar-refractivity contribution in [2.24, 2.45) is 0 Å². The number of nitrogens with zero attached hydrogens (tertiary/aromatic N) is 13. The molecule has 0 amide bonds. The first-order chi connectivity index (χ1) is 50.8. The summed E-state index contributed by atoms with van der Waals surface area (Å²) < 4.78 is 170. The molecule has 12 rings (SSSR count). The normalized spacial score (nSPS) is 18.2. The van der Waals surface area contributed by atoms with Crippen molar-refractivity contribution in [3.8, 4) is 59.6 Å².